The van der Waals surface area contributed by atoms with Crippen LogP contribution in [0.2, 0.25) is 0 Å². The van der Waals surface area contributed by atoms with Gasteiger partial charge < -0.3 is 19.5 Å². The molecule has 2 aliphatic rings. The zero-order chi connectivity index (χ0) is 16.4. The van der Waals surface area contributed by atoms with Crippen LogP contribution in [-0.2, 0) is 0 Å². The highest BCUT2D eigenvalue weighted by molar-refractivity contribution is 5.55. The molecule has 0 aliphatic carbocycles. The number of benzene rings is 1. The standard InChI is InChI=1S/C19H29NO3/c1-5-6-19(2,3)10-15-7-14(11-20-15)13-8-16(21-4)18-17(9-13)22-12-23-18/h8-9,14-15,20H,5-7,10-12H2,1-4H3. The van der Waals surface area contributed by atoms with Crippen molar-refractivity contribution in [3.05, 3.63) is 17.7 Å². The highest BCUT2D eigenvalue weighted by Gasteiger charge is 2.31. The van der Waals surface area contributed by atoms with Crippen molar-refractivity contribution >= 4 is 0 Å². The van der Waals surface area contributed by atoms with Crippen molar-refractivity contribution in [1.29, 1.82) is 0 Å². The second-order valence-corrected chi connectivity index (χ2v) is 7.61. The highest BCUT2D eigenvalue weighted by atomic mass is 16.7. The Bertz CT molecular complexity index is 556. The summed E-state index contributed by atoms with van der Waals surface area (Å²) in [6, 6.07) is 4.83. The summed E-state index contributed by atoms with van der Waals surface area (Å²) in [5, 5.41) is 3.71. The van der Waals surface area contributed by atoms with Crippen LogP contribution < -0.4 is 19.5 Å². The van der Waals surface area contributed by atoms with Gasteiger partial charge in [0.15, 0.2) is 11.5 Å². The minimum absolute atomic E-state index is 0.284. The van der Waals surface area contributed by atoms with E-state index in [1.54, 1.807) is 7.11 Å². The van der Waals surface area contributed by atoms with E-state index in [2.05, 4.69) is 38.2 Å². The number of rotatable bonds is 6. The third kappa shape index (κ3) is 3.57. The minimum atomic E-state index is 0.284. The lowest BCUT2D eigenvalue weighted by Crippen LogP contribution is -2.28. The van der Waals surface area contributed by atoms with Crippen LogP contribution in [-0.4, -0.2) is 26.5 Å². The van der Waals surface area contributed by atoms with Crippen molar-refractivity contribution in [3.63, 3.8) is 0 Å². The van der Waals surface area contributed by atoms with Gasteiger partial charge in [-0.2, -0.15) is 0 Å². The van der Waals surface area contributed by atoms with Crippen molar-refractivity contribution in [1.82, 2.24) is 5.32 Å². The van der Waals surface area contributed by atoms with E-state index >= 15 is 0 Å². The first-order valence-electron chi connectivity index (χ1n) is 8.73. The van der Waals surface area contributed by atoms with Gasteiger partial charge in [0.05, 0.1) is 7.11 Å². The van der Waals surface area contributed by atoms with Crippen LogP contribution in [0.25, 0.3) is 0 Å². The molecule has 2 unspecified atom stereocenters. The van der Waals surface area contributed by atoms with Gasteiger partial charge in [-0.3, -0.25) is 0 Å². The lowest BCUT2D eigenvalue weighted by molar-refractivity contribution is 0.171. The van der Waals surface area contributed by atoms with Crippen molar-refractivity contribution in [2.75, 3.05) is 20.4 Å². The molecule has 1 fully saturated rings. The lowest BCUT2D eigenvalue weighted by Gasteiger charge is -2.27. The molecule has 0 radical (unpaired) electrons. The Morgan fingerprint density at radius 3 is 2.87 bits per heavy atom. The Hall–Kier alpha value is -1.42. The number of fused-ring (bicyclic) bond motifs is 1. The van der Waals surface area contributed by atoms with Crippen molar-refractivity contribution in [3.8, 4) is 17.2 Å². The Morgan fingerprint density at radius 2 is 2.13 bits per heavy atom. The Balaban J connectivity index is 1.70. The highest BCUT2D eigenvalue weighted by Crippen LogP contribution is 2.44. The van der Waals surface area contributed by atoms with Gasteiger partial charge in [-0.15, -0.1) is 0 Å². The van der Waals surface area contributed by atoms with Crippen LogP contribution >= 0.6 is 0 Å². The van der Waals surface area contributed by atoms with Gasteiger partial charge in [0.2, 0.25) is 12.5 Å². The van der Waals surface area contributed by atoms with Crippen molar-refractivity contribution < 1.29 is 14.2 Å². The lowest BCUT2D eigenvalue weighted by atomic mass is 9.80. The number of nitrogens with one attached hydrogen (secondary N) is 1. The molecule has 0 amide bonds. The maximum Gasteiger partial charge on any atom is 0.231 e. The van der Waals surface area contributed by atoms with Gasteiger partial charge in [-0.25, -0.2) is 0 Å². The Kier molecular flexibility index (Phi) is 4.72. The zero-order valence-corrected chi connectivity index (χ0v) is 14.8. The van der Waals surface area contributed by atoms with Crippen LogP contribution in [0.3, 0.4) is 0 Å². The summed E-state index contributed by atoms with van der Waals surface area (Å²) in [5.74, 6) is 2.85. The van der Waals surface area contributed by atoms with Crippen LogP contribution in [0.4, 0.5) is 0 Å². The number of ether oxygens (including phenoxy) is 3. The molecule has 1 saturated heterocycles. The fraction of sp³-hybridized carbons (Fsp3) is 0.684. The molecule has 0 aromatic heterocycles. The first kappa shape index (κ1) is 16.4. The van der Waals surface area contributed by atoms with Gasteiger partial charge in [-0.1, -0.05) is 27.2 Å². The van der Waals surface area contributed by atoms with Crippen molar-refractivity contribution in [2.45, 2.75) is 58.4 Å². The van der Waals surface area contributed by atoms with E-state index in [0.29, 0.717) is 17.4 Å². The van der Waals surface area contributed by atoms with Gasteiger partial charge >= 0.3 is 0 Å². The third-order valence-electron chi connectivity index (χ3n) is 5.10. The molecule has 0 saturated carbocycles. The molecule has 128 valence electrons. The molecule has 3 rings (SSSR count). The summed E-state index contributed by atoms with van der Waals surface area (Å²) in [4.78, 5) is 0. The summed E-state index contributed by atoms with van der Waals surface area (Å²) < 4.78 is 16.5. The van der Waals surface area contributed by atoms with E-state index < -0.39 is 0 Å². The van der Waals surface area contributed by atoms with Gasteiger partial charge in [0.1, 0.15) is 0 Å². The monoisotopic (exact) mass is 319 g/mol. The second-order valence-electron chi connectivity index (χ2n) is 7.61. The van der Waals surface area contributed by atoms with Crippen LogP contribution in [0.5, 0.6) is 17.2 Å². The SMILES string of the molecule is CCCC(C)(C)CC1CC(c2cc(OC)c3c(c2)OCO3)CN1. The largest absolute Gasteiger partial charge is 0.493 e. The Morgan fingerprint density at radius 1 is 1.30 bits per heavy atom. The zero-order valence-electron chi connectivity index (χ0n) is 14.8. The van der Waals surface area contributed by atoms with E-state index in [1.807, 2.05) is 0 Å². The molecule has 0 bridgehead atoms. The maximum atomic E-state index is 5.56. The molecule has 2 atom stereocenters. The molecule has 23 heavy (non-hydrogen) atoms. The summed E-state index contributed by atoms with van der Waals surface area (Å²) in [5.41, 5.74) is 1.70. The molecular formula is C19H29NO3. The third-order valence-corrected chi connectivity index (χ3v) is 5.10. The topological polar surface area (TPSA) is 39.7 Å². The average molecular weight is 319 g/mol. The molecule has 1 aromatic rings. The fourth-order valence-electron chi connectivity index (χ4n) is 4.06. The quantitative estimate of drug-likeness (QED) is 0.857. The van der Waals surface area contributed by atoms with Gasteiger partial charge in [0, 0.05) is 12.6 Å². The van der Waals surface area contributed by atoms with E-state index in [4.69, 9.17) is 14.2 Å². The molecule has 2 heterocycles. The summed E-state index contributed by atoms with van der Waals surface area (Å²) in [6.07, 6.45) is 4.95. The molecule has 4 nitrogen and oxygen atoms in total. The summed E-state index contributed by atoms with van der Waals surface area (Å²) in [6.45, 7) is 8.34. The van der Waals surface area contributed by atoms with E-state index in [9.17, 15) is 0 Å². The molecular weight excluding hydrogens is 290 g/mol. The molecule has 0 spiro atoms. The van der Waals surface area contributed by atoms with E-state index in [-0.39, 0.29) is 6.79 Å². The number of hydrogen-bond acceptors (Lipinski definition) is 4. The predicted octanol–water partition coefficient (Wildman–Crippen LogP) is 4.09. The van der Waals surface area contributed by atoms with Crippen LogP contribution in [0, 0.1) is 5.41 Å². The second kappa shape index (κ2) is 6.60. The fourth-order valence-corrected chi connectivity index (χ4v) is 4.06. The summed E-state index contributed by atoms with van der Waals surface area (Å²) >= 11 is 0. The molecule has 2 aliphatic heterocycles. The van der Waals surface area contributed by atoms with E-state index in [1.165, 1.54) is 31.2 Å². The molecule has 1 N–H and O–H groups in total. The maximum absolute atomic E-state index is 5.56. The number of methoxy groups -OCH3 is 1. The predicted molar refractivity (Wildman–Crippen MR) is 91.6 cm³/mol. The Labute approximate surface area is 139 Å². The van der Waals surface area contributed by atoms with E-state index in [0.717, 1.165) is 23.8 Å². The first-order valence-corrected chi connectivity index (χ1v) is 8.73. The smallest absolute Gasteiger partial charge is 0.231 e. The summed E-state index contributed by atoms with van der Waals surface area (Å²) in [7, 11) is 1.68. The molecule has 4 heteroatoms. The first-order chi connectivity index (χ1) is 11.0. The normalized spacial score (nSPS) is 23.3. The molecule has 1 aromatic carbocycles. The van der Waals surface area contributed by atoms with Gasteiger partial charge in [-0.05, 0) is 48.3 Å². The minimum Gasteiger partial charge on any atom is -0.493 e. The van der Waals surface area contributed by atoms with Crippen LogP contribution in [0.15, 0.2) is 12.1 Å². The average Bonchev–Trinajstić information content (AvgIpc) is 3.14. The number of hydrogen-bond donors (Lipinski definition) is 1. The van der Waals surface area contributed by atoms with Crippen molar-refractivity contribution in [2.24, 2.45) is 5.41 Å². The van der Waals surface area contributed by atoms with Crippen LogP contribution in [0.1, 0.15) is 57.9 Å². The van der Waals surface area contributed by atoms with Gasteiger partial charge in [0.25, 0.3) is 0 Å².